The molecule has 0 radical (unpaired) electrons. The first-order chi connectivity index (χ1) is 21.5. The van der Waals surface area contributed by atoms with Crippen LogP contribution in [0.1, 0.15) is 48.6 Å². The maximum atomic E-state index is 14.6. The fourth-order valence-electron chi connectivity index (χ4n) is 5.23. The van der Waals surface area contributed by atoms with Crippen LogP contribution in [0.3, 0.4) is 0 Å². The zero-order valence-electron chi connectivity index (χ0n) is 26.7. The first kappa shape index (κ1) is 33.5. The lowest BCUT2D eigenvalue weighted by atomic mass is 10.0. The predicted octanol–water partition coefficient (Wildman–Crippen LogP) is 6.23. The molecule has 0 bridgehead atoms. The van der Waals surface area contributed by atoms with Gasteiger partial charge in [0.25, 0.3) is 10.0 Å². The van der Waals surface area contributed by atoms with E-state index in [1.54, 1.807) is 36.4 Å². The van der Waals surface area contributed by atoms with E-state index in [9.17, 15) is 18.0 Å². The molecule has 0 saturated carbocycles. The average molecular weight is 626 g/mol. The van der Waals surface area contributed by atoms with Crippen molar-refractivity contribution < 1.29 is 18.0 Å². The minimum Gasteiger partial charge on any atom is -0.352 e. The first-order valence-corrected chi connectivity index (χ1v) is 16.8. The van der Waals surface area contributed by atoms with Gasteiger partial charge in [-0.3, -0.25) is 13.9 Å². The number of nitrogens with zero attached hydrogens (tertiary/aromatic N) is 2. The molecule has 45 heavy (non-hydrogen) atoms. The van der Waals surface area contributed by atoms with Crippen LogP contribution in [0.5, 0.6) is 0 Å². The van der Waals surface area contributed by atoms with Gasteiger partial charge in [0.15, 0.2) is 0 Å². The molecule has 0 aromatic heterocycles. The van der Waals surface area contributed by atoms with Gasteiger partial charge in [0.1, 0.15) is 12.6 Å². The molecule has 1 atom stereocenters. The van der Waals surface area contributed by atoms with Gasteiger partial charge in [0.2, 0.25) is 11.8 Å². The molecule has 4 aromatic carbocycles. The number of nitrogens with one attached hydrogen (secondary N) is 1. The molecule has 0 fully saturated rings. The first-order valence-electron chi connectivity index (χ1n) is 15.4. The van der Waals surface area contributed by atoms with Crippen molar-refractivity contribution in [2.24, 2.45) is 0 Å². The number of amides is 2. The topological polar surface area (TPSA) is 86.8 Å². The standard InChI is InChI=1S/C37H43N3O4S/c1-6-32-14-10-11-15-34(32)40(45(43,44)33-22-18-29(5)19-23-33)26-36(41)39(25-31-20-16-28(4)17-21-31)35(37(42)38-27(2)3)24-30-12-8-7-9-13-30/h7-23,27,35H,6,24-26H2,1-5H3,(H,38,42)/t35-/m1/s1. The zero-order chi connectivity index (χ0) is 32.6. The van der Waals surface area contributed by atoms with Crippen molar-refractivity contribution in [3.63, 3.8) is 0 Å². The van der Waals surface area contributed by atoms with E-state index < -0.39 is 28.5 Å². The molecule has 4 rings (SSSR count). The van der Waals surface area contributed by atoms with Crippen LogP contribution in [0.25, 0.3) is 0 Å². The Bertz CT molecular complexity index is 1690. The largest absolute Gasteiger partial charge is 0.352 e. The lowest BCUT2D eigenvalue weighted by Gasteiger charge is -2.34. The second-order valence-corrected chi connectivity index (χ2v) is 13.5. The van der Waals surface area contributed by atoms with Gasteiger partial charge in [-0.15, -0.1) is 0 Å². The van der Waals surface area contributed by atoms with E-state index in [1.807, 2.05) is 101 Å². The number of anilines is 1. The second-order valence-electron chi connectivity index (χ2n) is 11.7. The Kier molecular flexibility index (Phi) is 11.2. The van der Waals surface area contributed by atoms with Gasteiger partial charge in [0, 0.05) is 19.0 Å². The highest BCUT2D eigenvalue weighted by Gasteiger charge is 2.35. The molecule has 7 nitrogen and oxygen atoms in total. The molecule has 0 saturated heterocycles. The summed E-state index contributed by atoms with van der Waals surface area (Å²) in [5.74, 6) is -0.770. The zero-order valence-corrected chi connectivity index (χ0v) is 27.6. The van der Waals surface area contributed by atoms with Crippen molar-refractivity contribution in [2.45, 2.75) is 71.0 Å². The number of para-hydroxylation sites is 1. The van der Waals surface area contributed by atoms with E-state index in [2.05, 4.69) is 5.32 Å². The van der Waals surface area contributed by atoms with Gasteiger partial charge in [0.05, 0.1) is 10.6 Å². The van der Waals surface area contributed by atoms with Crippen LogP contribution in [0.4, 0.5) is 5.69 Å². The summed E-state index contributed by atoms with van der Waals surface area (Å²) in [5, 5.41) is 2.99. The van der Waals surface area contributed by atoms with Gasteiger partial charge in [-0.1, -0.05) is 103 Å². The van der Waals surface area contributed by atoms with E-state index in [0.29, 0.717) is 12.1 Å². The van der Waals surface area contributed by atoms with Crippen molar-refractivity contribution in [3.05, 3.63) is 131 Å². The Morgan fingerprint density at radius 1 is 0.756 bits per heavy atom. The van der Waals surface area contributed by atoms with Crippen LogP contribution in [-0.4, -0.2) is 43.8 Å². The fraction of sp³-hybridized carbons (Fsp3) is 0.297. The van der Waals surface area contributed by atoms with E-state index in [-0.39, 0.29) is 29.8 Å². The maximum absolute atomic E-state index is 14.6. The fourth-order valence-corrected chi connectivity index (χ4v) is 6.68. The second kappa shape index (κ2) is 15.0. The van der Waals surface area contributed by atoms with Crippen molar-refractivity contribution in [1.82, 2.24) is 10.2 Å². The molecule has 0 aliphatic rings. The average Bonchev–Trinajstić information content (AvgIpc) is 3.02. The monoisotopic (exact) mass is 625 g/mol. The Labute approximate surface area is 268 Å². The van der Waals surface area contributed by atoms with Crippen LogP contribution in [0, 0.1) is 13.8 Å². The molecule has 0 unspecified atom stereocenters. The summed E-state index contributed by atoms with van der Waals surface area (Å²) in [6.07, 6.45) is 0.845. The van der Waals surface area contributed by atoms with Gasteiger partial charge in [-0.25, -0.2) is 8.42 Å². The predicted molar refractivity (Wildman–Crippen MR) is 180 cm³/mol. The summed E-state index contributed by atoms with van der Waals surface area (Å²) in [6, 6.07) is 30.2. The molecule has 236 valence electrons. The number of sulfonamides is 1. The Morgan fingerprint density at radius 2 is 1.33 bits per heavy atom. The number of carbonyl (C=O) groups excluding carboxylic acids is 2. The smallest absolute Gasteiger partial charge is 0.264 e. The summed E-state index contributed by atoms with van der Waals surface area (Å²) in [6.45, 7) is 9.24. The molecule has 4 aromatic rings. The molecule has 1 N–H and O–H groups in total. The molecular formula is C37H43N3O4S. The van der Waals surface area contributed by atoms with Crippen molar-refractivity contribution >= 4 is 27.5 Å². The summed E-state index contributed by atoms with van der Waals surface area (Å²) >= 11 is 0. The van der Waals surface area contributed by atoms with Gasteiger partial charge < -0.3 is 10.2 Å². The SMILES string of the molecule is CCc1ccccc1N(CC(=O)N(Cc1ccc(C)cc1)[C@H](Cc1ccccc1)C(=O)NC(C)C)S(=O)(=O)c1ccc(C)cc1. The van der Waals surface area contributed by atoms with Crippen LogP contribution in [0.2, 0.25) is 0 Å². The minimum atomic E-state index is -4.15. The summed E-state index contributed by atoms with van der Waals surface area (Å²) in [5.41, 5.74) is 4.96. The van der Waals surface area contributed by atoms with Gasteiger partial charge >= 0.3 is 0 Å². The van der Waals surface area contributed by atoms with Crippen molar-refractivity contribution in [1.29, 1.82) is 0 Å². The van der Waals surface area contributed by atoms with Crippen LogP contribution >= 0.6 is 0 Å². The molecule has 8 heteroatoms. The van der Waals surface area contributed by atoms with Gasteiger partial charge in [-0.2, -0.15) is 0 Å². The molecule has 0 spiro atoms. The number of benzene rings is 4. The van der Waals surface area contributed by atoms with Crippen LogP contribution in [-0.2, 0) is 39.0 Å². The van der Waals surface area contributed by atoms with Crippen molar-refractivity contribution in [2.75, 3.05) is 10.8 Å². The Balaban J connectivity index is 1.83. The maximum Gasteiger partial charge on any atom is 0.264 e. The number of carbonyl (C=O) groups is 2. The third kappa shape index (κ3) is 8.60. The van der Waals surface area contributed by atoms with E-state index in [0.717, 1.165) is 27.8 Å². The number of rotatable bonds is 13. The third-order valence-corrected chi connectivity index (χ3v) is 9.48. The highest BCUT2D eigenvalue weighted by atomic mass is 32.2. The minimum absolute atomic E-state index is 0.0928. The van der Waals surface area contributed by atoms with Crippen LogP contribution in [0.15, 0.2) is 108 Å². The summed E-state index contributed by atoms with van der Waals surface area (Å²) < 4.78 is 29.8. The highest BCUT2D eigenvalue weighted by molar-refractivity contribution is 7.92. The quantitative estimate of drug-likeness (QED) is 0.191. The Morgan fingerprint density at radius 3 is 1.93 bits per heavy atom. The lowest BCUT2D eigenvalue weighted by Crippen LogP contribution is -2.54. The number of aryl methyl sites for hydroxylation is 3. The molecular weight excluding hydrogens is 582 g/mol. The third-order valence-electron chi connectivity index (χ3n) is 7.70. The lowest BCUT2D eigenvalue weighted by molar-refractivity contribution is -0.140. The summed E-state index contributed by atoms with van der Waals surface area (Å²) in [4.78, 5) is 30.0. The highest BCUT2D eigenvalue weighted by Crippen LogP contribution is 2.29. The normalized spacial score (nSPS) is 12.0. The van der Waals surface area contributed by atoms with Crippen LogP contribution < -0.4 is 9.62 Å². The van der Waals surface area contributed by atoms with E-state index >= 15 is 0 Å². The van der Waals surface area contributed by atoms with Crippen molar-refractivity contribution in [3.8, 4) is 0 Å². The van der Waals surface area contributed by atoms with Gasteiger partial charge in [-0.05, 0) is 69.0 Å². The van der Waals surface area contributed by atoms with E-state index in [4.69, 9.17) is 0 Å². The molecule has 0 aliphatic heterocycles. The number of hydrogen-bond acceptors (Lipinski definition) is 4. The number of hydrogen-bond donors (Lipinski definition) is 1. The van der Waals surface area contributed by atoms with E-state index in [1.165, 1.54) is 9.21 Å². The Hall–Kier alpha value is -4.43. The summed E-state index contributed by atoms with van der Waals surface area (Å²) in [7, 11) is -4.15. The molecule has 0 aliphatic carbocycles. The molecule has 0 heterocycles. The molecule has 2 amide bonds.